The van der Waals surface area contributed by atoms with Crippen molar-refractivity contribution in [2.24, 2.45) is 5.10 Å². The van der Waals surface area contributed by atoms with Crippen LogP contribution in [0.3, 0.4) is 0 Å². The SMILES string of the molecule is O=C(O)COc1ccccc1C=NNC(=O)CCc1ccc(S(=O)(=O)N2CCOCC2)cc1. The standard InChI is InChI=1S/C22H25N3O7S/c26-21(24-23-15-18-3-1-2-4-20(18)32-16-22(27)28)10-7-17-5-8-19(9-6-17)33(29,30)25-11-13-31-14-12-25/h1-6,8-9,15H,7,10-14,16H2,(H,24,26)(H,27,28). The minimum atomic E-state index is -3.55. The quantitative estimate of drug-likeness (QED) is 0.390. The first-order chi connectivity index (χ1) is 15.9. The van der Waals surface area contributed by atoms with Gasteiger partial charge in [0.25, 0.3) is 0 Å². The first-order valence-corrected chi connectivity index (χ1v) is 11.7. The summed E-state index contributed by atoms with van der Waals surface area (Å²) in [6.07, 6.45) is 1.95. The summed E-state index contributed by atoms with van der Waals surface area (Å²) >= 11 is 0. The molecule has 0 spiro atoms. The first kappa shape index (κ1) is 24.4. The van der Waals surface area contributed by atoms with Gasteiger partial charge in [0.15, 0.2) is 6.61 Å². The molecule has 2 N–H and O–H groups in total. The molecule has 2 aromatic rings. The van der Waals surface area contributed by atoms with Gasteiger partial charge in [0.2, 0.25) is 15.9 Å². The molecule has 0 saturated carbocycles. The second-order valence-corrected chi connectivity index (χ2v) is 9.11. The number of ether oxygens (including phenoxy) is 2. The van der Waals surface area contributed by atoms with Gasteiger partial charge in [-0.25, -0.2) is 18.6 Å². The molecule has 1 heterocycles. The Hall–Kier alpha value is -3.28. The van der Waals surface area contributed by atoms with E-state index < -0.39 is 22.6 Å². The van der Waals surface area contributed by atoms with Crippen LogP contribution in [0.25, 0.3) is 0 Å². The predicted octanol–water partition coefficient (Wildman–Crippen LogP) is 1.25. The predicted molar refractivity (Wildman–Crippen MR) is 120 cm³/mol. The Morgan fingerprint density at radius 2 is 1.82 bits per heavy atom. The average molecular weight is 476 g/mol. The molecule has 0 radical (unpaired) electrons. The molecule has 33 heavy (non-hydrogen) atoms. The highest BCUT2D eigenvalue weighted by molar-refractivity contribution is 7.89. The molecule has 1 aliphatic rings. The van der Waals surface area contributed by atoms with Crippen molar-refractivity contribution in [2.75, 3.05) is 32.9 Å². The van der Waals surface area contributed by atoms with Crippen molar-refractivity contribution in [3.63, 3.8) is 0 Å². The topological polar surface area (TPSA) is 135 Å². The van der Waals surface area contributed by atoms with E-state index in [0.29, 0.717) is 44.0 Å². The van der Waals surface area contributed by atoms with Crippen molar-refractivity contribution in [3.8, 4) is 5.75 Å². The molecule has 1 fully saturated rings. The van der Waals surface area contributed by atoms with E-state index in [1.165, 1.54) is 10.5 Å². The van der Waals surface area contributed by atoms with Crippen LogP contribution in [-0.2, 0) is 30.8 Å². The number of para-hydroxylation sites is 1. The number of carbonyl (C=O) groups is 2. The number of rotatable bonds is 10. The molecule has 1 aliphatic heterocycles. The number of aryl methyl sites for hydroxylation is 1. The maximum absolute atomic E-state index is 12.7. The molecule has 0 aromatic heterocycles. The third-order valence-electron chi connectivity index (χ3n) is 4.83. The maximum atomic E-state index is 12.7. The van der Waals surface area contributed by atoms with Gasteiger partial charge in [-0.3, -0.25) is 4.79 Å². The van der Waals surface area contributed by atoms with Crippen molar-refractivity contribution < 1.29 is 32.6 Å². The minimum Gasteiger partial charge on any atom is -0.481 e. The van der Waals surface area contributed by atoms with Crippen LogP contribution in [0.1, 0.15) is 17.5 Å². The number of nitrogens with zero attached hydrogens (tertiary/aromatic N) is 2. The van der Waals surface area contributed by atoms with Crippen LogP contribution in [0.5, 0.6) is 5.75 Å². The monoisotopic (exact) mass is 475 g/mol. The summed E-state index contributed by atoms with van der Waals surface area (Å²) in [5.74, 6) is -1.08. The molecule has 2 aromatic carbocycles. The normalized spacial score (nSPS) is 14.8. The fraction of sp³-hybridized carbons (Fsp3) is 0.318. The molecule has 1 saturated heterocycles. The van der Waals surface area contributed by atoms with Gasteiger partial charge in [0.05, 0.1) is 24.3 Å². The van der Waals surface area contributed by atoms with Gasteiger partial charge in [-0.05, 0) is 36.2 Å². The lowest BCUT2D eigenvalue weighted by Crippen LogP contribution is -2.40. The molecular weight excluding hydrogens is 450 g/mol. The summed E-state index contributed by atoms with van der Waals surface area (Å²) in [5.41, 5.74) is 3.76. The summed E-state index contributed by atoms with van der Waals surface area (Å²) in [5, 5.41) is 12.6. The molecule has 0 aliphatic carbocycles. The van der Waals surface area contributed by atoms with Crippen molar-refractivity contribution in [1.82, 2.24) is 9.73 Å². The van der Waals surface area contributed by atoms with E-state index in [1.54, 1.807) is 48.5 Å². The summed E-state index contributed by atoms with van der Waals surface area (Å²) in [4.78, 5) is 23.0. The van der Waals surface area contributed by atoms with Gasteiger partial charge < -0.3 is 14.6 Å². The number of sulfonamides is 1. The largest absolute Gasteiger partial charge is 0.481 e. The van der Waals surface area contributed by atoms with Gasteiger partial charge in [-0.15, -0.1) is 0 Å². The van der Waals surface area contributed by atoms with E-state index in [-0.39, 0.29) is 17.2 Å². The van der Waals surface area contributed by atoms with Crippen LogP contribution < -0.4 is 10.2 Å². The minimum absolute atomic E-state index is 0.157. The van der Waals surface area contributed by atoms with E-state index in [0.717, 1.165) is 5.56 Å². The molecule has 11 heteroatoms. The zero-order chi connectivity index (χ0) is 23.7. The smallest absolute Gasteiger partial charge is 0.341 e. The zero-order valence-corrected chi connectivity index (χ0v) is 18.7. The number of nitrogens with one attached hydrogen (secondary N) is 1. The lowest BCUT2D eigenvalue weighted by molar-refractivity contribution is -0.139. The Morgan fingerprint density at radius 3 is 2.52 bits per heavy atom. The fourth-order valence-corrected chi connectivity index (χ4v) is 4.52. The van der Waals surface area contributed by atoms with E-state index in [2.05, 4.69) is 10.5 Å². The van der Waals surface area contributed by atoms with Crippen LogP contribution in [0, 0.1) is 0 Å². The highest BCUT2D eigenvalue weighted by Gasteiger charge is 2.26. The number of carbonyl (C=O) groups excluding carboxylic acids is 1. The Bertz CT molecular complexity index is 1100. The van der Waals surface area contributed by atoms with E-state index >= 15 is 0 Å². The molecule has 3 rings (SSSR count). The second kappa shape index (κ2) is 11.5. The number of benzene rings is 2. The fourth-order valence-electron chi connectivity index (χ4n) is 3.11. The maximum Gasteiger partial charge on any atom is 0.341 e. The molecule has 176 valence electrons. The van der Waals surface area contributed by atoms with Crippen LogP contribution in [0.4, 0.5) is 0 Å². The lowest BCUT2D eigenvalue weighted by atomic mass is 10.1. The molecule has 1 amide bonds. The van der Waals surface area contributed by atoms with Gasteiger partial charge in [0, 0.05) is 25.1 Å². The van der Waals surface area contributed by atoms with Crippen molar-refractivity contribution in [1.29, 1.82) is 0 Å². The van der Waals surface area contributed by atoms with Gasteiger partial charge in [-0.1, -0.05) is 24.3 Å². The Labute approximate surface area is 191 Å². The molecule has 0 atom stereocenters. The van der Waals surface area contributed by atoms with Gasteiger partial charge in [-0.2, -0.15) is 9.41 Å². The number of hydrogen-bond donors (Lipinski definition) is 2. The second-order valence-electron chi connectivity index (χ2n) is 7.17. The van der Waals surface area contributed by atoms with Crippen LogP contribution in [0.15, 0.2) is 58.5 Å². The van der Waals surface area contributed by atoms with Crippen LogP contribution in [-0.4, -0.2) is 68.8 Å². The summed E-state index contributed by atoms with van der Waals surface area (Å²) in [6, 6.07) is 13.2. The van der Waals surface area contributed by atoms with Crippen molar-refractivity contribution in [3.05, 3.63) is 59.7 Å². The first-order valence-electron chi connectivity index (χ1n) is 10.3. The lowest BCUT2D eigenvalue weighted by Gasteiger charge is -2.26. The van der Waals surface area contributed by atoms with Gasteiger partial charge in [0.1, 0.15) is 5.75 Å². The Balaban J connectivity index is 1.50. The number of hydrogen-bond acceptors (Lipinski definition) is 7. The molecule has 10 nitrogen and oxygen atoms in total. The highest BCUT2D eigenvalue weighted by atomic mass is 32.2. The number of amides is 1. The van der Waals surface area contributed by atoms with Gasteiger partial charge >= 0.3 is 5.97 Å². The highest BCUT2D eigenvalue weighted by Crippen LogP contribution is 2.18. The molecule has 0 bridgehead atoms. The average Bonchev–Trinajstić information content (AvgIpc) is 2.83. The number of aliphatic carboxylic acids is 1. The molecule has 0 unspecified atom stereocenters. The third kappa shape index (κ3) is 7.11. The van der Waals surface area contributed by atoms with Crippen molar-refractivity contribution >= 4 is 28.1 Å². The van der Waals surface area contributed by atoms with Crippen LogP contribution in [0.2, 0.25) is 0 Å². The molecular formula is C22H25N3O7S. The zero-order valence-electron chi connectivity index (χ0n) is 17.8. The number of morpholine rings is 1. The Kier molecular flexibility index (Phi) is 8.52. The van der Waals surface area contributed by atoms with E-state index in [9.17, 15) is 18.0 Å². The number of hydrazone groups is 1. The summed E-state index contributed by atoms with van der Waals surface area (Å²) in [6.45, 7) is 0.956. The number of carboxylic acids is 1. The third-order valence-corrected chi connectivity index (χ3v) is 6.75. The van der Waals surface area contributed by atoms with Crippen molar-refractivity contribution in [2.45, 2.75) is 17.7 Å². The van der Waals surface area contributed by atoms with E-state index in [1.807, 2.05) is 0 Å². The summed E-state index contributed by atoms with van der Waals surface area (Å²) < 4.78 is 37.1. The van der Waals surface area contributed by atoms with Crippen LogP contribution >= 0.6 is 0 Å². The van der Waals surface area contributed by atoms with E-state index in [4.69, 9.17) is 14.6 Å². The Morgan fingerprint density at radius 1 is 1.12 bits per heavy atom. The summed E-state index contributed by atoms with van der Waals surface area (Å²) in [7, 11) is -3.55. The number of carboxylic acid groups (broad SMARTS) is 1.